The summed E-state index contributed by atoms with van der Waals surface area (Å²) in [4.78, 5) is 29.4. The molecule has 0 spiro atoms. The number of nitrogens with one attached hydrogen (secondary N) is 2. The van der Waals surface area contributed by atoms with Gasteiger partial charge < -0.3 is 15.0 Å². The molecule has 1 aromatic heterocycles. The van der Waals surface area contributed by atoms with E-state index in [2.05, 4.69) is 34.6 Å². The Morgan fingerprint density at radius 3 is 2.48 bits per heavy atom. The number of hydrogen-bond acceptors (Lipinski definition) is 2. The molecule has 1 saturated heterocycles. The van der Waals surface area contributed by atoms with E-state index >= 15 is 0 Å². The van der Waals surface area contributed by atoms with Crippen LogP contribution in [0.15, 0.2) is 54.6 Å². The first kappa shape index (κ1) is 21.0. The molecule has 1 aliphatic heterocycles. The van der Waals surface area contributed by atoms with Crippen molar-refractivity contribution in [3.63, 3.8) is 0 Å². The van der Waals surface area contributed by atoms with Crippen LogP contribution in [0, 0.1) is 5.92 Å². The van der Waals surface area contributed by atoms with Crippen LogP contribution in [-0.2, 0) is 11.2 Å². The molecule has 2 aromatic carbocycles. The Balaban J connectivity index is 1.43. The molecule has 0 radical (unpaired) electrons. The number of piperidine rings is 1. The Morgan fingerprint density at radius 2 is 1.77 bits per heavy atom. The normalized spacial score (nSPS) is 15.7. The van der Waals surface area contributed by atoms with Gasteiger partial charge in [-0.15, -0.1) is 0 Å². The second-order valence-corrected chi connectivity index (χ2v) is 8.51. The zero-order valence-electron chi connectivity index (χ0n) is 17.8. The fourth-order valence-corrected chi connectivity index (χ4v) is 4.61. The molecule has 162 valence electrons. The average molecular weight is 420 g/mol. The van der Waals surface area contributed by atoms with Crippen LogP contribution < -0.4 is 5.32 Å². The molecule has 3 aromatic rings. The van der Waals surface area contributed by atoms with Gasteiger partial charge in [-0.2, -0.15) is 0 Å². The first-order chi connectivity index (χ1) is 15.0. The van der Waals surface area contributed by atoms with Crippen molar-refractivity contribution in [1.82, 2.24) is 9.88 Å². The minimum Gasteiger partial charge on any atom is -0.481 e. The summed E-state index contributed by atoms with van der Waals surface area (Å²) in [7, 11) is 0. The number of carboxylic acid groups (broad SMARTS) is 1. The number of urea groups is 1. The van der Waals surface area contributed by atoms with Gasteiger partial charge >= 0.3 is 12.0 Å². The highest BCUT2D eigenvalue weighted by molar-refractivity contribution is 5.96. The number of aromatic amines is 1. The minimum atomic E-state index is -0.851. The van der Waals surface area contributed by atoms with Crippen molar-refractivity contribution in [3.8, 4) is 0 Å². The topological polar surface area (TPSA) is 85.4 Å². The number of rotatable bonds is 6. The second-order valence-electron chi connectivity index (χ2n) is 8.51. The largest absolute Gasteiger partial charge is 0.481 e. The molecular weight excluding hydrogens is 390 g/mol. The third kappa shape index (κ3) is 4.90. The van der Waals surface area contributed by atoms with Crippen molar-refractivity contribution >= 4 is 28.7 Å². The minimum absolute atomic E-state index is 0.00952. The molecule has 2 heterocycles. The van der Waals surface area contributed by atoms with Crippen LogP contribution in [0.3, 0.4) is 0 Å². The van der Waals surface area contributed by atoms with E-state index in [0.29, 0.717) is 11.7 Å². The predicted molar refractivity (Wildman–Crippen MR) is 122 cm³/mol. The molecule has 1 unspecified atom stereocenters. The Hall–Kier alpha value is -3.28. The highest BCUT2D eigenvalue weighted by atomic mass is 16.4. The third-order valence-corrected chi connectivity index (χ3v) is 6.22. The quantitative estimate of drug-likeness (QED) is 0.511. The van der Waals surface area contributed by atoms with Crippen LogP contribution in [0.2, 0.25) is 0 Å². The van der Waals surface area contributed by atoms with E-state index in [0.717, 1.165) is 48.8 Å². The van der Waals surface area contributed by atoms with E-state index in [9.17, 15) is 14.7 Å². The van der Waals surface area contributed by atoms with Crippen LogP contribution >= 0.6 is 0 Å². The molecule has 4 rings (SSSR count). The van der Waals surface area contributed by atoms with E-state index in [4.69, 9.17) is 0 Å². The van der Waals surface area contributed by atoms with Crippen LogP contribution in [0.25, 0.3) is 10.9 Å². The first-order valence-corrected chi connectivity index (χ1v) is 10.9. The van der Waals surface area contributed by atoms with Crippen molar-refractivity contribution in [2.45, 2.75) is 38.5 Å². The number of carbonyl (C=O) groups is 2. The summed E-state index contributed by atoms with van der Waals surface area (Å²) in [5.74, 6) is 0.119. The summed E-state index contributed by atoms with van der Waals surface area (Å²) in [5.41, 5.74) is 3.09. The van der Waals surface area contributed by atoms with Gasteiger partial charge in [-0.1, -0.05) is 55.5 Å². The van der Waals surface area contributed by atoms with E-state index < -0.39 is 5.97 Å². The smallest absolute Gasteiger partial charge is 0.322 e. The van der Waals surface area contributed by atoms with Crippen molar-refractivity contribution in [2.24, 2.45) is 5.92 Å². The Bertz CT molecular complexity index is 1050. The van der Waals surface area contributed by atoms with Gasteiger partial charge in [0.25, 0.3) is 0 Å². The van der Waals surface area contributed by atoms with Gasteiger partial charge in [-0.25, -0.2) is 4.79 Å². The van der Waals surface area contributed by atoms with Crippen LogP contribution in [0.1, 0.15) is 43.2 Å². The maximum Gasteiger partial charge on any atom is 0.322 e. The third-order valence-electron chi connectivity index (χ3n) is 6.22. The van der Waals surface area contributed by atoms with Crippen molar-refractivity contribution in [2.75, 3.05) is 18.4 Å². The summed E-state index contributed by atoms with van der Waals surface area (Å²) in [6.45, 7) is 3.33. The molecular formula is C25H29N3O3. The van der Waals surface area contributed by atoms with E-state index in [-0.39, 0.29) is 18.4 Å². The maximum atomic E-state index is 13.0. The summed E-state index contributed by atoms with van der Waals surface area (Å²) in [5, 5.41) is 13.2. The Kier molecular flexibility index (Phi) is 6.26. The summed E-state index contributed by atoms with van der Waals surface area (Å²) in [6, 6.07) is 18.1. The van der Waals surface area contributed by atoms with Gasteiger partial charge in [0.2, 0.25) is 0 Å². The monoisotopic (exact) mass is 419 g/mol. The summed E-state index contributed by atoms with van der Waals surface area (Å²) in [6.07, 6.45) is 3.03. The zero-order chi connectivity index (χ0) is 21.8. The van der Waals surface area contributed by atoms with Gasteiger partial charge in [0, 0.05) is 29.6 Å². The SMILES string of the molecule is CC(CC(=O)O)c1c(NC(=O)N2CCC(Cc3ccccc3)CC2)[nH]c2ccccc12. The fourth-order valence-electron chi connectivity index (χ4n) is 4.61. The number of benzene rings is 2. The Labute approximate surface area is 182 Å². The number of H-pyrrole nitrogens is 1. The van der Waals surface area contributed by atoms with Gasteiger partial charge in [0.15, 0.2) is 0 Å². The fraction of sp³-hybridized carbons (Fsp3) is 0.360. The molecule has 0 bridgehead atoms. The lowest BCUT2D eigenvalue weighted by Crippen LogP contribution is -2.41. The number of nitrogens with zero attached hydrogens (tertiary/aromatic N) is 1. The summed E-state index contributed by atoms with van der Waals surface area (Å²) >= 11 is 0. The van der Waals surface area contributed by atoms with Crippen LogP contribution in [0.4, 0.5) is 10.6 Å². The molecule has 31 heavy (non-hydrogen) atoms. The first-order valence-electron chi connectivity index (χ1n) is 10.9. The van der Waals surface area contributed by atoms with E-state index in [1.807, 2.05) is 42.2 Å². The van der Waals surface area contributed by atoms with Crippen molar-refractivity contribution in [1.29, 1.82) is 0 Å². The highest BCUT2D eigenvalue weighted by Crippen LogP contribution is 2.35. The van der Waals surface area contributed by atoms with Gasteiger partial charge in [0.1, 0.15) is 5.82 Å². The molecule has 1 atom stereocenters. The number of aliphatic carboxylic acids is 1. The average Bonchev–Trinajstić information content (AvgIpc) is 3.12. The maximum absolute atomic E-state index is 13.0. The molecule has 6 nitrogen and oxygen atoms in total. The number of amides is 2. The van der Waals surface area contributed by atoms with E-state index in [1.54, 1.807) is 0 Å². The number of aromatic nitrogens is 1. The number of hydrogen-bond donors (Lipinski definition) is 3. The molecule has 0 saturated carbocycles. The van der Waals surface area contributed by atoms with Crippen LogP contribution in [0.5, 0.6) is 0 Å². The number of fused-ring (bicyclic) bond motifs is 1. The zero-order valence-corrected chi connectivity index (χ0v) is 17.8. The lowest BCUT2D eigenvalue weighted by Gasteiger charge is -2.32. The molecule has 6 heteroatoms. The predicted octanol–water partition coefficient (Wildman–Crippen LogP) is 5.23. The molecule has 1 aliphatic rings. The summed E-state index contributed by atoms with van der Waals surface area (Å²) < 4.78 is 0. The second kappa shape index (κ2) is 9.25. The lowest BCUT2D eigenvalue weighted by molar-refractivity contribution is -0.137. The number of anilines is 1. The van der Waals surface area contributed by atoms with Gasteiger partial charge in [-0.3, -0.25) is 10.1 Å². The van der Waals surface area contributed by atoms with Crippen LogP contribution in [-0.4, -0.2) is 40.1 Å². The van der Waals surface area contributed by atoms with Gasteiger partial charge in [0.05, 0.1) is 6.42 Å². The van der Waals surface area contributed by atoms with Gasteiger partial charge in [-0.05, 0) is 42.7 Å². The van der Waals surface area contributed by atoms with E-state index in [1.165, 1.54) is 5.56 Å². The highest BCUT2D eigenvalue weighted by Gasteiger charge is 2.26. The number of para-hydroxylation sites is 1. The Morgan fingerprint density at radius 1 is 1.10 bits per heavy atom. The lowest BCUT2D eigenvalue weighted by atomic mass is 9.90. The molecule has 1 fully saturated rings. The standard InChI is InChI=1S/C25H29N3O3/c1-17(15-22(29)30)23-20-9-5-6-10-21(20)26-24(23)27-25(31)28-13-11-19(12-14-28)16-18-7-3-2-4-8-18/h2-10,17,19,26H,11-16H2,1H3,(H,27,31)(H,29,30). The van der Waals surface area contributed by atoms with Crippen molar-refractivity contribution in [3.05, 3.63) is 65.7 Å². The number of carboxylic acids is 1. The molecule has 0 aliphatic carbocycles. The number of carbonyl (C=O) groups excluding carboxylic acids is 1. The molecule has 3 N–H and O–H groups in total. The molecule has 2 amide bonds. The number of likely N-dealkylation sites (tertiary alicyclic amines) is 1. The van der Waals surface area contributed by atoms with Crippen molar-refractivity contribution < 1.29 is 14.7 Å².